The first-order valence-corrected chi connectivity index (χ1v) is 9.37. The fraction of sp³-hybridized carbons (Fsp3) is 0.350. The number of halogens is 3. The van der Waals surface area contributed by atoms with Crippen LogP contribution in [0.2, 0.25) is 0 Å². The van der Waals surface area contributed by atoms with Crippen LogP contribution in [0.3, 0.4) is 0 Å². The molecular formula is C20H19F3N4O3. The third-order valence-corrected chi connectivity index (χ3v) is 5.60. The van der Waals surface area contributed by atoms with Crippen LogP contribution in [0.1, 0.15) is 28.9 Å². The van der Waals surface area contributed by atoms with Gasteiger partial charge in [0.15, 0.2) is 0 Å². The van der Waals surface area contributed by atoms with E-state index in [1.54, 1.807) is 0 Å². The van der Waals surface area contributed by atoms with Crippen molar-refractivity contribution in [3.63, 3.8) is 0 Å². The molecule has 1 atom stereocenters. The monoisotopic (exact) mass is 420 g/mol. The van der Waals surface area contributed by atoms with Crippen molar-refractivity contribution in [3.05, 3.63) is 57.4 Å². The molecule has 0 aliphatic heterocycles. The standard InChI is InChI=1S/C20H19F3N4O3/c1-26-14-4-2-3-11(14)16(20(21,22)23)15(18(26)28)12-6-5-10(9-13(24)19(29)30)27-8-7-25-17(12)27/h5-8,13H,2-4,9,24H2,1H3,(H,29,30)/t13-/m0/s1. The quantitative estimate of drug-likeness (QED) is 0.674. The van der Waals surface area contributed by atoms with E-state index in [0.29, 0.717) is 24.2 Å². The molecule has 0 radical (unpaired) electrons. The third-order valence-electron chi connectivity index (χ3n) is 5.60. The van der Waals surface area contributed by atoms with Crippen molar-refractivity contribution in [2.45, 2.75) is 37.9 Å². The predicted octanol–water partition coefficient (Wildman–Crippen LogP) is 2.16. The van der Waals surface area contributed by atoms with Crippen LogP contribution in [0.4, 0.5) is 13.2 Å². The topological polar surface area (TPSA) is 103 Å². The van der Waals surface area contributed by atoms with E-state index >= 15 is 0 Å². The van der Waals surface area contributed by atoms with Crippen LogP contribution >= 0.6 is 0 Å². The number of rotatable bonds is 4. The lowest BCUT2D eigenvalue weighted by Crippen LogP contribution is -2.33. The normalized spacial score (nSPS) is 14.8. The second-order valence-corrected chi connectivity index (χ2v) is 7.40. The Labute approximate surface area is 168 Å². The predicted molar refractivity (Wildman–Crippen MR) is 102 cm³/mol. The maximum atomic E-state index is 14.1. The molecule has 7 nitrogen and oxygen atoms in total. The van der Waals surface area contributed by atoms with Crippen LogP contribution < -0.4 is 11.3 Å². The minimum absolute atomic E-state index is 0.0448. The average Bonchev–Trinajstić information content (AvgIpc) is 3.33. The molecule has 0 aromatic carbocycles. The van der Waals surface area contributed by atoms with Gasteiger partial charge in [-0.15, -0.1) is 0 Å². The molecule has 30 heavy (non-hydrogen) atoms. The highest BCUT2D eigenvalue weighted by atomic mass is 19.4. The largest absolute Gasteiger partial charge is 0.480 e. The van der Waals surface area contributed by atoms with Gasteiger partial charge in [0.2, 0.25) is 0 Å². The van der Waals surface area contributed by atoms with Gasteiger partial charge in [0.05, 0.1) is 11.1 Å². The van der Waals surface area contributed by atoms with Crippen LogP contribution in [0.25, 0.3) is 16.8 Å². The van der Waals surface area contributed by atoms with Crippen LogP contribution in [0.15, 0.2) is 29.3 Å². The number of nitrogens with zero attached hydrogens (tertiary/aromatic N) is 3. The number of alkyl halides is 3. The maximum absolute atomic E-state index is 14.1. The summed E-state index contributed by atoms with van der Waals surface area (Å²) in [4.78, 5) is 28.3. The molecule has 3 N–H and O–H groups in total. The molecule has 4 rings (SSSR count). The van der Waals surface area contributed by atoms with Crippen molar-refractivity contribution >= 4 is 11.6 Å². The summed E-state index contributed by atoms with van der Waals surface area (Å²) in [5.74, 6) is -1.20. The first-order valence-electron chi connectivity index (χ1n) is 9.37. The number of hydrogen-bond donors (Lipinski definition) is 2. The number of carboxylic acid groups (broad SMARTS) is 1. The van der Waals surface area contributed by atoms with Gasteiger partial charge in [0, 0.05) is 42.8 Å². The smallest absolute Gasteiger partial charge is 0.417 e. The zero-order valence-corrected chi connectivity index (χ0v) is 16.0. The van der Waals surface area contributed by atoms with Gasteiger partial charge in [-0.25, -0.2) is 4.98 Å². The lowest BCUT2D eigenvalue weighted by molar-refractivity contribution is -0.139. The van der Waals surface area contributed by atoms with E-state index in [9.17, 15) is 22.8 Å². The molecule has 0 spiro atoms. The summed E-state index contributed by atoms with van der Waals surface area (Å²) < 4.78 is 45.1. The lowest BCUT2D eigenvalue weighted by Gasteiger charge is -2.20. The molecule has 3 aromatic rings. The summed E-state index contributed by atoms with van der Waals surface area (Å²) >= 11 is 0. The Morgan fingerprint density at radius 3 is 2.73 bits per heavy atom. The van der Waals surface area contributed by atoms with E-state index in [0.717, 1.165) is 0 Å². The first-order chi connectivity index (χ1) is 14.1. The van der Waals surface area contributed by atoms with Gasteiger partial charge in [-0.1, -0.05) is 0 Å². The van der Waals surface area contributed by atoms with Crippen molar-refractivity contribution in [1.29, 1.82) is 0 Å². The summed E-state index contributed by atoms with van der Waals surface area (Å²) in [7, 11) is 1.49. The lowest BCUT2D eigenvalue weighted by atomic mass is 9.95. The van der Waals surface area contributed by atoms with Gasteiger partial charge >= 0.3 is 12.1 Å². The van der Waals surface area contributed by atoms with E-state index in [1.807, 2.05) is 0 Å². The number of nitrogens with two attached hydrogens (primary N) is 1. The van der Waals surface area contributed by atoms with Crippen molar-refractivity contribution in [3.8, 4) is 11.1 Å². The Bertz CT molecular complexity index is 1230. The fourth-order valence-corrected chi connectivity index (χ4v) is 4.22. The number of imidazole rings is 1. The van der Waals surface area contributed by atoms with Crippen molar-refractivity contribution in [2.24, 2.45) is 12.8 Å². The Morgan fingerprint density at radius 2 is 2.07 bits per heavy atom. The Hall–Kier alpha value is -3.14. The molecule has 3 aromatic heterocycles. The van der Waals surface area contributed by atoms with E-state index in [-0.39, 0.29) is 29.6 Å². The molecule has 0 fully saturated rings. The molecular weight excluding hydrogens is 401 g/mol. The van der Waals surface area contributed by atoms with E-state index in [2.05, 4.69) is 4.98 Å². The number of aromatic nitrogens is 3. The number of hydrogen-bond acceptors (Lipinski definition) is 4. The maximum Gasteiger partial charge on any atom is 0.417 e. The summed E-state index contributed by atoms with van der Waals surface area (Å²) in [6.07, 6.45) is -0.619. The Morgan fingerprint density at radius 1 is 1.33 bits per heavy atom. The van der Waals surface area contributed by atoms with E-state index in [4.69, 9.17) is 10.8 Å². The fourth-order valence-electron chi connectivity index (χ4n) is 4.22. The van der Waals surface area contributed by atoms with Crippen LogP contribution in [-0.2, 0) is 37.3 Å². The van der Waals surface area contributed by atoms with Gasteiger partial charge in [-0.2, -0.15) is 13.2 Å². The molecule has 0 saturated carbocycles. The third kappa shape index (κ3) is 3.07. The first kappa shape index (κ1) is 20.1. The van der Waals surface area contributed by atoms with Crippen LogP contribution in [0.5, 0.6) is 0 Å². The number of aliphatic carboxylic acids is 1. The number of pyridine rings is 2. The highest BCUT2D eigenvalue weighted by Gasteiger charge is 2.41. The van der Waals surface area contributed by atoms with Gasteiger partial charge in [0.25, 0.3) is 5.56 Å². The Balaban J connectivity index is 2.01. The number of fused-ring (bicyclic) bond motifs is 2. The number of carboxylic acids is 1. The molecule has 0 bridgehead atoms. The van der Waals surface area contributed by atoms with Crippen molar-refractivity contribution in [1.82, 2.24) is 14.0 Å². The summed E-state index contributed by atoms with van der Waals surface area (Å²) in [5, 5.41) is 9.06. The van der Waals surface area contributed by atoms with Crippen molar-refractivity contribution < 1.29 is 23.1 Å². The highest BCUT2D eigenvalue weighted by molar-refractivity contribution is 5.81. The average molecular weight is 420 g/mol. The zero-order chi connectivity index (χ0) is 21.8. The second-order valence-electron chi connectivity index (χ2n) is 7.40. The zero-order valence-electron chi connectivity index (χ0n) is 16.0. The summed E-state index contributed by atoms with van der Waals surface area (Å²) in [6.45, 7) is 0. The minimum Gasteiger partial charge on any atom is -0.480 e. The van der Waals surface area contributed by atoms with Gasteiger partial charge < -0.3 is 19.8 Å². The molecule has 0 unspecified atom stereocenters. The SMILES string of the molecule is Cn1c2c(c(C(F)(F)F)c(-c3ccc(C[C@H](N)C(=O)O)n4ccnc34)c1=O)CCC2. The molecule has 10 heteroatoms. The highest BCUT2D eigenvalue weighted by Crippen LogP contribution is 2.42. The molecule has 158 valence electrons. The van der Waals surface area contributed by atoms with Gasteiger partial charge in [-0.3, -0.25) is 9.59 Å². The van der Waals surface area contributed by atoms with Gasteiger partial charge in [0.1, 0.15) is 11.7 Å². The van der Waals surface area contributed by atoms with Crippen LogP contribution in [0, 0.1) is 0 Å². The van der Waals surface area contributed by atoms with Crippen LogP contribution in [-0.4, -0.2) is 31.1 Å². The van der Waals surface area contributed by atoms with E-state index < -0.39 is 34.9 Å². The molecule has 0 amide bonds. The Kier molecular flexibility index (Phi) is 4.69. The molecule has 1 aliphatic rings. The summed E-state index contributed by atoms with van der Waals surface area (Å²) in [6, 6.07) is 1.69. The van der Waals surface area contributed by atoms with Gasteiger partial charge in [-0.05, 0) is 37.0 Å². The second kappa shape index (κ2) is 6.98. The summed E-state index contributed by atoms with van der Waals surface area (Å²) in [5.41, 5.74) is 4.77. The number of carbonyl (C=O) groups is 1. The van der Waals surface area contributed by atoms with Crippen molar-refractivity contribution in [2.75, 3.05) is 0 Å². The molecule has 3 heterocycles. The van der Waals surface area contributed by atoms with E-state index in [1.165, 1.54) is 40.5 Å². The minimum atomic E-state index is -4.70. The molecule has 1 aliphatic carbocycles. The molecule has 0 saturated heterocycles.